The van der Waals surface area contributed by atoms with Gasteiger partial charge in [0.25, 0.3) is 0 Å². The van der Waals surface area contributed by atoms with E-state index < -0.39 is 17.7 Å². The number of amides is 2. The van der Waals surface area contributed by atoms with Gasteiger partial charge in [0.15, 0.2) is 0 Å². The Balaban J connectivity index is 1.59. The van der Waals surface area contributed by atoms with E-state index in [0.29, 0.717) is 0 Å². The third-order valence-electron chi connectivity index (χ3n) is 5.14. The van der Waals surface area contributed by atoms with Crippen molar-refractivity contribution in [3.8, 4) is 11.8 Å². The van der Waals surface area contributed by atoms with Gasteiger partial charge in [-0.25, -0.2) is 0 Å². The Kier molecular flexibility index (Phi) is 6.16. The number of aryl methyl sites for hydroxylation is 1. The Morgan fingerprint density at radius 1 is 1.20 bits per heavy atom. The molecule has 3 rings (SSSR count). The maximum absolute atomic E-state index is 12.7. The van der Waals surface area contributed by atoms with Gasteiger partial charge >= 0.3 is 6.18 Å². The molecule has 2 aromatic carbocycles. The van der Waals surface area contributed by atoms with E-state index in [4.69, 9.17) is 0 Å². The number of hydrogen-bond donors (Lipinski definition) is 1. The molecule has 0 saturated carbocycles. The van der Waals surface area contributed by atoms with Crippen LogP contribution in [0.5, 0.6) is 0 Å². The van der Waals surface area contributed by atoms with Crippen molar-refractivity contribution >= 4 is 17.5 Å². The Bertz CT molecular complexity index is 1030. The number of nitrogens with zero attached hydrogens (tertiary/aromatic N) is 1. The summed E-state index contributed by atoms with van der Waals surface area (Å²) in [4.78, 5) is 26.4. The zero-order valence-corrected chi connectivity index (χ0v) is 16.6. The molecule has 0 aliphatic carbocycles. The maximum atomic E-state index is 12.7. The summed E-state index contributed by atoms with van der Waals surface area (Å²) in [6.07, 6.45) is -4.32. The second-order valence-corrected chi connectivity index (χ2v) is 7.22. The van der Waals surface area contributed by atoms with Crippen molar-refractivity contribution in [2.45, 2.75) is 26.4 Å². The van der Waals surface area contributed by atoms with Gasteiger partial charge in [-0.15, -0.1) is 0 Å². The standard InChI is InChI=1S/C23H21F3N2O2/c1-15-6-3-10-20(16(15)2)28-14-18(13-21(28)29)22(30)27-11-5-8-17-7-4-9-19(12-17)23(24,25)26/h3-4,6-7,9-10,12,18H,11,13-14H2,1-2H3,(H,27,30). The number of halogens is 3. The van der Waals surface area contributed by atoms with E-state index in [1.165, 1.54) is 12.1 Å². The highest BCUT2D eigenvalue weighted by atomic mass is 19.4. The molecule has 1 atom stereocenters. The summed E-state index contributed by atoms with van der Waals surface area (Å²) in [7, 11) is 0. The molecule has 1 unspecified atom stereocenters. The van der Waals surface area contributed by atoms with Crippen molar-refractivity contribution < 1.29 is 22.8 Å². The summed E-state index contributed by atoms with van der Waals surface area (Å²) in [6.45, 7) is 4.18. The van der Waals surface area contributed by atoms with Crippen LogP contribution in [-0.2, 0) is 15.8 Å². The molecule has 1 heterocycles. The van der Waals surface area contributed by atoms with E-state index in [-0.39, 0.29) is 36.9 Å². The zero-order valence-electron chi connectivity index (χ0n) is 16.6. The van der Waals surface area contributed by atoms with E-state index >= 15 is 0 Å². The second kappa shape index (κ2) is 8.62. The molecule has 0 bridgehead atoms. The fourth-order valence-electron chi connectivity index (χ4n) is 3.34. The van der Waals surface area contributed by atoms with E-state index in [9.17, 15) is 22.8 Å². The van der Waals surface area contributed by atoms with Gasteiger partial charge in [0, 0.05) is 24.2 Å². The van der Waals surface area contributed by atoms with Crippen LogP contribution in [0.4, 0.5) is 18.9 Å². The van der Waals surface area contributed by atoms with Crippen molar-refractivity contribution in [3.05, 3.63) is 64.7 Å². The molecule has 2 aromatic rings. The van der Waals surface area contributed by atoms with Crippen LogP contribution >= 0.6 is 0 Å². The van der Waals surface area contributed by atoms with E-state index in [1.54, 1.807) is 4.90 Å². The Morgan fingerprint density at radius 3 is 2.67 bits per heavy atom. The minimum Gasteiger partial charge on any atom is -0.345 e. The quantitative estimate of drug-likeness (QED) is 0.776. The normalized spacial score (nSPS) is 16.2. The molecule has 1 N–H and O–H groups in total. The van der Waals surface area contributed by atoms with Crippen LogP contribution < -0.4 is 10.2 Å². The number of rotatable bonds is 3. The highest BCUT2D eigenvalue weighted by molar-refractivity contribution is 6.00. The lowest BCUT2D eigenvalue weighted by Gasteiger charge is -2.20. The highest BCUT2D eigenvalue weighted by Crippen LogP contribution is 2.30. The molecule has 4 nitrogen and oxygen atoms in total. The number of alkyl halides is 3. The second-order valence-electron chi connectivity index (χ2n) is 7.22. The van der Waals surface area contributed by atoms with Crippen molar-refractivity contribution in [3.63, 3.8) is 0 Å². The number of carbonyl (C=O) groups is 2. The van der Waals surface area contributed by atoms with Crippen molar-refractivity contribution in [1.29, 1.82) is 0 Å². The molecule has 2 amide bonds. The monoisotopic (exact) mass is 414 g/mol. The van der Waals surface area contributed by atoms with Crippen molar-refractivity contribution in [2.24, 2.45) is 5.92 Å². The van der Waals surface area contributed by atoms with E-state index in [2.05, 4.69) is 17.2 Å². The molecule has 1 aliphatic heterocycles. The van der Waals surface area contributed by atoms with Gasteiger partial charge in [0.05, 0.1) is 18.0 Å². The number of benzene rings is 2. The molecule has 0 radical (unpaired) electrons. The zero-order chi connectivity index (χ0) is 21.9. The number of anilines is 1. The van der Waals surface area contributed by atoms with E-state index in [1.807, 2.05) is 32.0 Å². The lowest BCUT2D eigenvalue weighted by molar-refractivity contribution is -0.137. The summed E-state index contributed by atoms with van der Waals surface area (Å²) in [6, 6.07) is 10.4. The topological polar surface area (TPSA) is 49.4 Å². The van der Waals surface area contributed by atoms with Crippen LogP contribution in [0.25, 0.3) is 0 Å². The van der Waals surface area contributed by atoms with Gasteiger partial charge in [0.2, 0.25) is 11.8 Å². The predicted molar refractivity (Wildman–Crippen MR) is 108 cm³/mol. The van der Waals surface area contributed by atoms with Crippen LogP contribution in [0.2, 0.25) is 0 Å². The summed E-state index contributed by atoms with van der Waals surface area (Å²) < 4.78 is 38.2. The minimum absolute atomic E-state index is 0.0107. The largest absolute Gasteiger partial charge is 0.416 e. The van der Waals surface area contributed by atoms with Crippen LogP contribution in [0, 0.1) is 31.6 Å². The Hall–Kier alpha value is -3.27. The lowest BCUT2D eigenvalue weighted by atomic mass is 10.1. The minimum atomic E-state index is -4.43. The molecule has 1 fully saturated rings. The van der Waals surface area contributed by atoms with Crippen LogP contribution in [0.15, 0.2) is 42.5 Å². The predicted octanol–water partition coefficient (Wildman–Crippen LogP) is 3.84. The summed E-state index contributed by atoms with van der Waals surface area (Å²) in [5.41, 5.74) is 2.32. The highest BCUT2D eigenvalue weighted by Gasteiger charge is 2.35. The van der Waals surface area contributed by atoms with Gasteiger partial charge in [-0.05, 0) is 49.2 Å². The van der Waals surface area contributed by atoms with Gasteiger partial charge in [-0.1, -0.05) is 30.0 Å². The summed E-state index contributed by atoms with van der Waals surface area (Å²) in [5.74, 6) is 4.37. The van der Waals surface area contributed by atoms with Crippen LogP contribution in [0.1, 0.15) is 28.7 Å². The molecule has 1 saturated heterocycles. The van der Waals surface area contributed by atoms with Gasteiger partial charge in [0.1, 0.15) is 0 Å². The molecular weight excluding hydrogens is 393 g/mol. The number of nitrogens with one attached hydrogen (secondary N) is 1. The Labute approximate surface area is 173 Å². The van der Waals surface area contributed by atoms with Crippen molar-refractivity contribution in [2.75, 3.05) is 18.0 Å². The maximum Gasteiger partial charge on any atom is 0.416 e. The Morgan fingerprint density at radius 2 is 1.93 bits per heavy atom. The average molecular weight is 414 g/mol. The third kappa shape index (κ3) is 4.82. The molecule has 30 heavy (non-hydrogen) atoms. The van der Waals surface area contributed by atoms with Gasteiger partial charge in [-0.2, -0.15) is 13.2 Å². The van der Waals surface area contributed by atoms with E-state index in [0.717, 1.165) is 28.9 Å². The molecule has 7 heteroatoms. The van der Waals surface area contributed by atoms with Gasteiger partial charge in [-0.3, -0.25) is 9.59 Å². The fraction of sp³-hybridized carbons (Fsp3) is 0.304. The van der Waals surface area contributed by atoms with Crippen molar-refractivity contribution in [1.82, 2.24) is 5.32 Å². The lowest BCUT2D eigenvalue weighted by Crippen LogP contribution is -2.33. The summed E-state index contributed by atoms with van der Waals surface area (Å²) in [5, 5.41) is 2.64. The SMILES string of the molecule is Cc1cccc(N2CC(C(=O)NCC#Cc3cccc(C(F)(F)F)c3)CC2=O)c1C. The van der Waals surface area contributed by atoms with Gasteiger partial charge < -0.3 is 10.2 Å². The third-order valence-corrected chi connectivity index (χ3v) is 5.14. The number of hydrogen-bond acceptors (Lipinski definition) is 2. The molecule has 156 valence electrons. The van der Waals surface area contributed by atoms with Crippen LogP contribution in [0.3, 0.4) is 0 Å². The molecule has 1 aliphatic rings. The molecular formula is C23H21F3N2O2. The first kappa shape index (κ1) is 21.4. The first-order valence-electron chi connectivity index (χ1n) is 9.47. The summed E-state index contributed by atoms with van der Waals surface area (Å²) >= 11 is 0. The molecule has 0 aromatic heterocycles. The number of carbonyl (C=O) groups excluding carboxylic acids is 2. The molecule has 0 spiro atoms. The smallest absolute Gasteiger partial charge is 0.345 e. The first-order chi connectivity index (χ1) is 14.2. The van der Waals surface area contributed by atoms with Crippen LogP contribution in [-0.4, -0.2) is 24.9 Å². The fourth-order valence-corrected chi connectivity index (χ4v) is 3.34. The first-order valence-corrected chi connectivity index (χ1v) is 9.47. The average Bonchev–Trinajstić information content (AvgIpc) is 3.08.